The number of benzene rings is 2. The maximum Gasteiger partial charge on any atom is 0.124 e. The van der Waals surface area contributed by atoms with Crippen LogP contribution in [0.15, 0.2) is 42.5 Å². The van der Waals surface area contributed by atoms with Gasteiger partial charge in [0, 0.05) is 3.57 Å². The predicted octanol–water partition coefficient (Wildman–Crippen LogP) is 4.14. The van der Waals surface area contributed by atoms with Gasteiger partial charge in [-0.1, -0.05) is 18.2 Å². The number of ether oxygens (including phenoxy) is 1. The minimum atomic E-state index is -0.212. The summed E-state index contributed by atoms with van der Waals surface area (Å²) in [6, 6.07) is 12.9. The van der Waals surface area contributed by atoms with Crippen molar-refractivity contribution in [3.8, 4) is 5.75 Å². The van der Waals surface area contributed by atoms with Crippen molar-refractivity contribution in [1.29, 1.82) is 0 Å². The summed E-state index contributed by atoms with van der Waals surface area (Å²) in [7, 11) is 1.90. The number of halogens is 2. The van der Waals surface area contributed by atoms with Gasteiger partial charge in [0.25, 0.3) is 0 Å². The molecule has 106 valence electrons. The Bertz CT molecular complexity index is 588. The molecule has 2 rings (SSSR count). The van der Waals surface area contributed by atoms with Crippen LogP contribution in [0, 0.1) is 9.39 Å². The van der Waals surface area contributed by atoms with Crippen molar-refractivity contribution in [2.75, 3.05) is 13.7 Å². The molecule has 20 heavy (non-hydrogen) atoms. The average Bonchev–Trinajstić information content (AvgIpc) is 2.43. The van der Waals surface area contributed by atoms with E-state index in [0.29, 0.717) is 6.61 Å². The molecule has 2 aromatic rings. The molecule has 0 aliphatic carbocycles. The minimum absolute atomic E-state index is 0.0166. The molecule has 1 N–H and O–H groups in total. The van der Waals surface area contributed by atoms with Gasteiger partial charge in [0.15, 0.2) is 0 Å². The Labute approximate surface area is 132 Å². The zero-order valence-electron chi connectivity index (χ0n) is 11.5. The highest BCUT2D eigenvalue weighted by Crippen LogP contribution is 2.28. The Morgan fingerprint density at radius 3 is 2.70 bits per heavy atom. The molecular formula is C16H17FINO. The molecule has 2 nitrogen and oxygen atoms in total. The van der Waals surface area contributed by atoms with Crippen molar-refractivity contribution in [2.45, 2.75) is 13.0 Å². The lowest BCUT2D eigenvalue weighted by atomic mass is 9.98. The highest BCUT2D eigenvalue weighted by molar-refractivity contribution is 14.1. The van der Waals surface area contributed by atoms with Gasteiger partial charge < -0.3 is 10.1 Å². The number of hydrogen-bond acceptors (Lipinski definition) is 2. The number of rotatable bonds is 5. The van der Waals surface area contributed by atoms with E-state index < -0.39 is 0 Å². The Morgan fingerprint density at radius 2 is 2.05 bits per heavy atom. The molecule has 0 aromatic heterocycles. The van der Waals surface area contributed by atoms with Gasteiger partial charge in [-0.3, -0.25) is 0 Å². The topological polar surface area (TPSA) is 21.3 Å². The molecule has 4 heteroatoms. The lowest BCUT2D eigenvalue weighted by Gasteiger charge is -2.19. The predicted molar refractivity (Wildman–Crippen MR) is 87.6 cm³/mol. The molecule has 0 fully saturated rings. The SMILES string of the molecule is CCOc1cccc(C(NC)c2ccc(F)cc2I)c1. The fourth-order valence-corrected chi connectivity index (χ4v) is 2.98. The fourth-order valence-electron chi connectivity index (χ4n) is 2.19. The van der Waals surface area contributed by atoms with E-state index in [2.05, 4.69) is 27.9 Å². The summed E-state index contributed by atoms with van der Waals surface area (Å²) in [5.74, 6) is 0.637. The largest absolute Gasteiger partial charge is 0.494 e. The van der Waals surface area contributed by atoms with Crippen LogP contribution in [0.4, 0.5) is 4.39 Å². The first-order chi connectivity index (χ1) is 9.65. The summed E-state index contributed by atoms with van der Waals surface area (Å²) >= 11 is 2.17. The minimum Gasteiger partial charge on any atom is -0.494 e. The zero-order valence-corrected chi connectivity index (χ0v) is 13.6. The summed E-state index contributed by atoms with van der Waals surface area (Å²) in [6.45, 7) is 2.60. The second-order valence-corrected chi connectivity index (χ2v) is 5.56. The Hall–Kier alpha value is -1.14. The summed E-state index contributed by atoms with van der Waals surface area (Å²) in [5, 5.41) is 3.28. The van der Waals surface area contributed by atoms with Gasteiger partial charge in [-0.2, -0.15) is 0 Å². The molecule has 0 amide bonds. The van der Waals surface area contributed by atoms with Crippen molar-refractivity contribution in [2.24, 2.45) is 0 Å². The molecule has 0 spiro atoms. The van der Waals surface area contributed by atoms with E-state index in [4.69, 9.17) is 4.74 Å². The summed E-state index contributed by atoms with van der Waals surface area (Å²) in [5.41, 5.74) is 2.16. The average molecular weight is 385 g/mol. The van der Waals surface area contributed by atoms with E-state index >= 15 is 0 Å². The first-order valence-corrected chi connectivity index (χ1v) is 7.58. The van der Waals surface area contributed by atoms with Crippen molar-refractivity contribution >= 4 is 22.6 Å². The highest BCUT2D eigenvalue weighted by Gasteiger charge is 2.15. The molecule has 0 aliphatic heterocycles. The quantitative estimate of drug-likeness (QED) is 0.782. The second-order valence-electron chi connectivity index (χ2n) is 4.39. The summed E-state index contributed by atoms with van der Waals surface area (Å²) in [6.07, 6.45) is 0. The van der Waals surface area contributed by atoms with Crippen LogP contribution < -0.4 is 10.1 Å². The van der Waals surface area contributed by atoms with Crippen LogP contribution in [0.25, 0.3) is 0 Å². The van der Waals surface area contributed by atoms with Gasteiger partial charge in [-0.15, -0.1) is 0 Å². The fraction of sp³-hybridized carbons (Fsp3) is 0.250. The van der Waals surface area contributed by atoms with Gasteiger partial charge in [-0.05, 0) is 72.0 Å². The Kier molecular flexibility index (Phi) is 5.37. The Balaban J connectivity index is 2.38. The molecule has 0 radical (unpaired) electrons. The van der Waals surface area contributed by atoms with Crippen LogP contribution in [-0.4, -0.2) is 13.7 Å². The summed E-state index contributed by atoms with van der Waals surface area (Å²) in [4.78, 5) is 0. The van der Waals surface area contributed by atoms with Crippen LogP contribution in [0.2, 0.25) is 0 Å². The van der Waals surface area contributed by atoms with E-state index in [1.54, 1.807) is 6.07 Å². The van der Waals surface area contributed by atoms with E-state index in [-0.39, 0.29) is 11.9 Å². The van der Waals surface area contributed by atoms with Crippen LogP contribution >= 0.6 is 22.6 Å². The van der Waals surface area contributed by atoms with E-state index in [0.717, 1.165) is 20.4 Å². The maximum atomic E-state index is 13.2. The van der Waals surface area contributed by atoms with Gasteiger partial charge in [0.1, 0.15) is 11.6 Å². The molecule has 1 unspecified atom stereocenters. The summed E-state index contributed by atoms with van der Waals surface area (Å²) < 4.78 is 19.7. The molecule has 2 aromatic carbocycles. The molecule has 0 heterocycles. The maximum absolute atomic E-state index is 13.2. The monoisotopic (exact) mass is 385 g/mol. The first kappa shape index (κ1) is 15.3. The molecule has 1 atom stereocenters. The van der Waals surface area contributed by atoms with Crippen molar-refractivity contribution in [3.05, 3.63) is 63.0 Å². The van der Waals surface area contributed by atoms with Crippen LogP contribution in [0.1, 0.15) is 24.1 Å². The number of hydrogen-bond donors (Lipinski definition) is 1. The first-order valence-electron chi connectivity index (χ1n) is 6.50. The van der Waals surface area contributed by atoms with Crippen molar-refractivity contribution < 1.29 is 9.13 Å². The smallest absolute Gasteiger partial charge is 0.124 e. The standard InChI is InChI=1S/C16H17FINO/c1-3-20-13-6-4-5-11(9-13)16(19-2)14-8-7-12(17)10-15(14)18/h4-10,16,19H,3H2,1-2H3. The molecule has 0 saturated carbocycles. The normalized spacial score (nSPS) is 12.2. The third kappa shape index (κ3) is 3.49. The second kappa shape index (κ2) is 7.04. The molecule has 0 bridgehead atoms. The van der Waals surface area contributed by atoms with Crippen LogP contribution in [0.3, 0.4) is 0 Å². The van der Waals surface area contributed by atoms with Crippen molar-refractivity contribution in [3.63, 3.8) is 0 Å². The van der Waals surface area contributed by atoms with Crippen LogP contribution in [0.5, 0.6) is 5.75 Å². The zero-order chi connectivity index (χ0) is 14.5. The molecular weight excluding hydrogens is 368 g/mol. The lowest BCUT2D eigenvalue weighted by molar-refractivity contribution is 0.339. The van der Waals surface area contributed by atoms with E-state index in [9.17, 15) is 4.39 Å². The Morgan fingerprint density at radius 1 is 1.25 bits per heavy atom. The van der Waals surface area contributed by atoms with Crippen molar-refractivity contribution in [1.82, 2.24) is 5.32 Å². The van der Waals surface area contributed by atoms with E-state index in [1.165, 1.54) is 6.07 Å². The van der Waals surface area contributed by atoms with Gasteiger partial charge in [0.2, 0.25) is 0 Å². The molecule has 0 aliphatic rings. The third-order valence-electron chi connectivity index (χ3n) is 3.06. The third-order valence-corrected chi connectivity index (χ3v) is 4.00. The van der Waals surface area contributed by atoms with Gasteiger partial charge >= 0.3 is 0 Å². The van der Waals surface area contributed by atoms with Crippen LogP contribution in [-0.2, 0) is 0 Å². The van der Waals surface area contributed by atoms with E-state index in [1.807, 2.05) is 44.3 Å². The lowest BCUT2D eigenvalue weighted by Crippen LogP contribution is -2.19. The van der Waals surface area contributed by atoms with Gasteiger partial charge in [0.05, 0.1) is 12.6 Å². The highest BCUT2D eigenvalue weighted by atomic mass is 127. The van der Waals surface area contributed by atoms with Gasteiger partial charge in [-0.25, -0.2) is 4.39 Å². The molecule has 0 saturated heterocycles. The number of nitrogens with one attached hydrogen (secondary N) is 1.